The van der Waals surface area contributed by atoms with Gasteiger partial charge in [-0.15, -0.1) is 0 Å². The van der Waals surface area contributed by atoms with E-state index in [4.69, 9.17) is 9.47 Å². The van der Waals surface area contributed by atoms with Gasteiger partial charge in [-0.25, -0.2) is 4.68 Å². The average molecular weight is 400 g/mol. The highest BCUT2D eigenvalue weighted by atomic mass is 16.7. The molecule has 7 nitrogen and oxygen atoms in total. The number of carbonyl (C=O) groups is 1. The van der Waals surface area contributed by atoms with Crippen LogP contribution in [0.1, 0.15) is 21.5 Å². The Morgan fingerprint density at radius 2 is 1.90 bits per heavy atom. The molecule has 0 atom stereocenters. The highest BCUT2D eigenvalue weighted by molar-refractivity contribution is 5.97. The Labute approximate surface area is 173 Å². The van der Waals surface area contributed by atoms with E-state index in [1.165, 1.54) is 0 Å². The van der Waals surface area contributed by atoms with Crippen LogP contribution in [0.4, 0.5) is 0 Å². The molecule has 30 heavy (non-hydrogen) atoms. The Hall–Kier alpha value is -4.00. The van der Waals surface area contributed by atoms with Gasteiger partial charge in [-0.2, -0.15) is 5.10 Å². The number of rotatable bonds is 5. The summed E-state index contributed by atoms with van der Waals surface area (Å²) in [5.74, 6) is 1.91. The van der Waals surface area contributed by atoms with Crippen molar-refractivity contribution in [2.45, 2.75) is 13.5 Å². The Morgan fingerprint density at radius 1 is 1.07 bits per heavy atom. The molecule has 0 fully saturated rings. The van der Waals surface area contributed by atoms with Crippen molar-refractivity contribution in [3.8, 4) is 23.0 Å². The highest BCUT2D eigenvalue weighted by Crippen LogP contribution is 2.32. The molecule has 2 aromatic carbocycles. The number of benzene rings is 2. The maximum Gasteiger partial charge on any atom is 0.256 e. The van der Waals surface area contributed by atoms with Gasteiger partial charge in [0, 0.05) is 18.9 Å². The fraction of sp³-hybridized carbons (Fsp3) is 0.130. The van der Waals surface area contributed by atoms with E-state index in [1.54, 1.807) is 10.9 Å². The van der Waals surface area contributed by atoms with Gasteiger partial charge in [0.1, 0.15) is 5.56 Å². The fourth-order valence-electron chi connectivity index (χ4n) is 3.50. The predicted molar refractivity (Wildman–Crippen MR) is 111 cm³/mol. The summed E-state index contributed by atoms with van der Waals surface area (Å²) in [6.45, 7) is 2.63. The lowest BCUT2D eigenvalue weighted by molar-refractivity contribution is 0.0951. The van der Waals surface area contributed by atoms with E-state index in [0.717, 1.165) is 22.6 Å². The Balaban J connectivity index is 1.44. The maximum absolute atomic E-state index is 13.0. The number of aromatic nitrogens is 3. The van der Waals surface area contributed by atoms with Crippen LogP contribution >= 0.6 is 0 Å². The molecule has 0 saturated heterocycles. The van der Waals surface area contributed by atoms with E-state index in [-0.39, 0.29) is 12.7 Å². The van der Waals surface area contributed by atoms with Gasteiger partial charge in [-0.1, -0.05) is 18.2 Å². The molecule has 1 N–H and O–H groups in total. The van der Waals surface area contributed by atoms with Crippen LogP contribution in [0.15, 0.2) is 73.2 Å². The lowest BCUT2D eigenvalue weighted by Crippen LogP contribution is -2.24. The molecule has 150 valence electrons. The van der Waals surface area contributed by atoms with Gasteiger partial charge in [0.25, 0.3) is 5.91 Å². The summed E-state index contributed by atoms with van der Waals surface area (Å²) in [6, 6.07) is 17.5. The summed E-state index contributed by atoms with van der Waals surface area (Å²) in [7, 11) is 0. The van der Waals surface area contributed by atoms with Crippen LogP contribution < -0.4 is 14.8 Å². The van der Waals surface area contributed by atoms with Crippen LogP contribution in [0.3, 0.4) is 0 Å². The van der Waals surface area contributed by atoms with Crippen LogP contribution in [0, 0.1) is 6.92 Å². The Bertz CT molecular complexity index is 1210. The second-order valence-corrected chi connectivity index (χ2v) is 7.09. The first kappa shape index (κ1) is 18.1. The van der Waals surface area contributed by atoms with Crippen molar-refractivity contribution in [1.29, 1.82) is 0 Å². The first-order valence-electron chi connectivity index (χ1n) is 9.64. The topological polar surface area (TPSA) is 70.3 Å². The molecule has 4 aromatic rings. The quantitative estimate of drug-likeness (QED) is 0.555. The SMILES string of the molecule is Cc1cccc(-n2ncc(C(=O)NCc3ccc4c(c3)OCO4)c2-n2cccc2)c1. The van der Waals surface area contributed by atoms with Gasteiger partial charge < -0.3 is 19.4 Å². The number of hydrogen-bond acceptors (Lipinski definition) is 4. The monoisotopic (exact) mass is 400 g/mol. The Kier molecular flexibility index (Phi) is 4.48. The molecule has 1 amide bonds. The zero-order chi connectivity index (χ0) is 20.5. The molecule has 1 aliphatic rings. The van der Waals surface area contributed by atoms with Gasteiger partial charge in [0.15, 0.2) is 17.3 Å². The molecule has 0 radical (unpaired) electrons. The maximum atomic E-state index is 13.0. The smallest absolute Gasteiger partial charge is 0.256 e. The largest absolute Gasteiger partial charge is 0.454 e. The number of hydrogen-bond donors (Lipinski definition) is 1. The third kappa shape index (κ3) is 3.30. The van der Waals surface area contributed by atoms with Crippen LogP contribution in [-0.4, -0.2) is 27.0 Å². The molecule has 5 rings (SSSR count). The average Bonchev–Trinajstić information content (AvgIpc) is 3.51. The second-order valence-electron chi connectivity index (χ2n) is 7.09. The second kappa shape index (κ2) is 7.44. The molecule has 1 aliphatic heterocycles. The van der Waals surface area contributed by atoms with Crippen molar-refractivity contribution < 1.29 is 14.3 Å². The molecule has 0 bridgehead atoms. The van der Waals surface area contributed by atoms with E-state index < -0.39 is 0 Å². The van der Waals surface area contributed by atoms with E-state index in [1.807, 2.05) is 78.5 Å². The van der Waals surface area contributed by atoms with Gasteiger partial charge in [-0.3, -0.25) is 4.79 Å². The van der Waals surface area contributed by atoms with Crippen molar-refractivity contribution in [3.63, 3.8) is 0 Å². The zero-order valence-electron chi connectivity index (χ0n) is 16.4. The minimum atomic E-state index is -0.199. The molecule has 7 heteroatoms. The summed E-state index contributed by atoms with van der Waals surface area (Å²) in [6.07, 6.45) is 5.41. The lowest BCUT2D eigenvalue weighted by Gasteiger charge is -2.12. The third-order valence-corrected chi connectivity index (χ3v) is 4.97. The number of ether oxygens (including phenoxy) is 2. The van der Waals surface area contributed by atoms with Crippen molar-refractivity contribution >= 4 is 5.91 Å². The minimum Gasteiger partial charge on any atom is -0.454 e. The van der Waals surface area contributed by atoms with E-state index >= 15 is 0 Å². The number of aryl methyl sites for hydroxylation is 1. The summed E-state index contributed by atoms with van der Waals surface area (Å²) < 4.78 is 14.4. The molecule has 2 aromatic heterocycles. The van der Waals surface area contributed by atoms with Gasteiger partial charge in [0.2, 0.25) is 6.79 Å². The molecular weight excluding hydrogens is 380 g/mol. The molecule has 0 aliphatic carbocycles. The Morgan fingerprint density at radius 3 is 2.73 bits per heavy atom. The number of nitrogens with zero attached hydrogens (tertiary/aromatic N) is 3. The molecule has 3 heterocycles. The molecular formula is C23H20N4O3. The molecule has 0 unspecified atom stereocenters. The van der Waals surface area contributed by atoms with Crippen molar-refractivity contribution in [3.05, 3.63) is 89.9 Å². The number of fused-ring (bicyclic) bond motifs is 1. The summed E-state index contributed by atoms with van der Waals surface area (Å²) in [5.41, 5.74) is 3.44. The van der Waals surface area contributed by atoms with Crippen LogP contribution in [0.5, 0.6) is 11.5 Å². The summed E-state index contributed by atoms with van der Waals surface area (Å²) in [4.78, 5) is 13.0. The highest BCUT2D eigenvalue weighted by Gasteiger charge is 2.20. The van der Waals surface area contributed by atoms with Crippen molar-refractivity contribution in [2.24, 2.45) is 0 Å². The third-order valence-electron chi connectivity index (χ3n) is 4.97. The molecule has 0 saturated carbocycles. The standard InChI is InChI=1S/C23H20N4O3/c1-16-5-4-6-18(11-16)27-23(26-9-2-3-10-26)19(14-25-27)22(28)24-13-17-7-8-20-21(12-17)30-15-29-20/h2-12,14H,13,15H2,1H3,(H,24,28). The van der Waals surface area contributed by atoms with Crippen LogP contribution in [0.2, 0.25) is 0 Å². The lowest BCUT2D eigenvalue weighted by atomic mass is 10.2. The minimum absolute atomic E-state index is 0.199. The predicted octanol–water partition coefficient (Wildman–Crippen LogP) is 3.63. The van der Waals surface area contributed by atoms with Crippen LogP contribution in [0.25, 0.3) is 11.5 Å². The molecule has 0 spiro atoms. The first-order valence-corrected chi connectivity index (χ1v) is 9.64. The van der Waals surface area contributed by atoms with Gasteiger partial charge in [0.05, 0.1) is 11.9 Å². The zero-order valence-corrected chi connectivity index (χ0v) is 16.4. The number of carbonyl (C=O) groups excluding carboxylic acids is 1. The number of amides is 1. The summed E-state index contributed by atoms with van der Waals surface area (Å²) >= 11 is 0. The van der Waals surface area contributed by atoms with E-state index in [9.17, 15) is 4.79 Å². The first-order chi connectivity index (χ1) is 14.7. The van der Waals surface area contributed by atoms with Crippen molar-refractivity contribution in [1.82, 2.24) is 19.7 Å². The number of nitrogens with one attached hydrogen (secondary N) is 1. The van der Waals surface area contributed by atoms with Crippen molar-refractivity contribution in [2.75, 3.05) is 6.79 Å². The van der Waals surface area contributed by atoms with Gasteiger partial charge >= 0.3 is 0 Å². The van der Waals surface area contributed by atoms with E-state index in [2.05, 4.69) is 10.4 Å². The van der Waals surface area contributed by atoms with Gasteiger partial charge in [-0.05, 0) is 54.4 Å². The van der Waals surface area contributed by atoms with Crippen LogP contribution in [-0.2, 0) is 6.54 Å². The fourth-order valence-corrected chi connectivity index (χ4v) is 3.50. The normalized spacial score (nSPS) is 12.2. The summed E-state index contributed by atoms with van der Waals surface area (Å²) in [5, 5.41) is 7.49. The van der Waals surface area contributed by atoms with E-state index in [0.29, 0.717) is 23.7 Å².